The summed E-state index contributed by atoms with van der Waals surface area (Å²) in [6.45, 7) is 4.47. The molecule has 1 aliphatic rings. The molecule has 0 spiro atoms. The van der Waals surface area contributed by atoms with E-state index in [1.165, 1.54) is 10.5 Å². The fourth-order valence-electron chi connectivity index (χ4n) is 3.89. The van der Waals surface area contributed by atoms with Gasteiger partial charge < -0.3 is 14.9 Å². The number of H-pyrrole nitrogens is 1. The number of aromatic amines is 1. The van der Waals surface area contributed by atoms with E-state index >= 15 is 0 Å². The van der Waals surface area contributed by atoms with Crippen molar-refractivity contribution in [2.75, 3.05) is 33.2 Å². The van der Waals surface area contributed by atoms with Gasteiger partial charge in [-0.2, -0.15) is 0 Å². The minimum absolute atomic E-state index is 0.108. The Kier molecular flexibility index (Phi) is 4.34. The molecule has 4 N–H and O–H groups in total. The molecule has 1 aromatic carbocycles. The van der Waals surface area contributed by atoms with E-state index in [0.717, 1.165) is 37.1 Å². The van der Waals surface area contributed by atoms with Gasteiger partial charge in [-0.25, -0.2) is 4.98 Å². The Balaban J connectivity index is 1.82. The molecule has 128 valence electrons. The molecule has 0 saturated carbocycles. The molecule has 0 amide bonds. The number of phenolic OH excluding ortho intramolecular Hbond substituents is 1. The number of quaternary nitrogens is 2. The molecule has 2 aromatic heterocycles. The zero-order chi connectivity index (χ0) is 17.2. The molecule has 5 nitrogen and oxygen atoms in total. The summed E-state index contributed by atoms with van der Waals surface area (Å²) in [5, 5.41) is 11.9. The molecule has 1 unspecified atom stereocenters. The van der Waals surface area contributed by atoms with E-state index in [4.69, 9.17) is 0 Å². The van der Waals surface area contributed by atoms with Crippen LogP contribution in [0.3, 0.4) is 0 Å². The van der Waals surface area contributed by atoms with Gasteiger partial charge in [0, 0.05) is 17.6 Å². The lowest BCUT2D eigenvalue weighted by atomic mass is 9.95. The van der Waals surface area contributed by atoms with Crippen LogP contribution in [0.1, 0.15) is 17.2 Å². The zero-order valence-corrected chi connectivity index (χ0v) is 14.5. The van der Waals surface area contributed by atoms with Gasteiger partial charge in [-0.05, 0) is 18.2 Å². The van der Waals surface area contributed by atoms with Crippen LogP contribution in [0.5, 0.6) is 5.75 Å². The monoisotopic (exact) mass is 337 g/mol. The molecule has 0 aliphatic carbocycles. The third kappa shape index (κ3) is 3.08. The maximum absolute atomic E-state index is 11.0. The highest BCUT2D eigenvalue weighted by Crippen LogP contribution is 2.32. The standard InChI is InChI=1S/C20H22N4O/c1-23-10-12-24(13-11-23)19(16-5-2-8-21-14-16)17-7-6-15-4-3-9-22-18(15)20(17)25/h2-9,14,19,25H,10-13H2,1H3/p+3. The average molecular weight is 337 g/mol. The molecule has 4 rings (SSSR count). The van der Waals surface area contributed by atoms with E-state index in [1.807, 2.05) is 30.6 Å². The molecule has 0 radical (unpaired) electrons. The summed E-state index contributed by atoms with van der Waals surface area (Å²) >= 11 is 0. The number of nitrogens with one attached hydrogen (secondary N) is 3. The van der Waals surface area contributed by atoms with Gasteiger partial charge in [-0.3, -0.25) is 4.98 Å². The molecule has 1 fully saturated rings. The smallest absolute Gasteiger partial charge is 0.176 e. The van der Waals surface area contributed by atoms with Gasteiger partial charge in [-0.1, -0.05) is 12.1 Å². The normalized spacial score (nSPS) is 22.0. The summed E-state index contributed by atoms with van der Waals surface area (Å²) in [5.41, 5.74) is 2.84. The Morgan fingerprint density at radius 1 is 1.08 bits per heavy atom. The van der Waals surface area contributed by atoms with Gasteiger partial charge in [0.15, 0.2) is 18.1 Å². The molecule has 25 heavy (non-hydrogen) atoms. The highest BCUT2D eigenvalue weighted by atomic mass is 16.3. The van der Waals surface area contributed by atoms with Crippen LogP contribution in [-0.2, 0) is 0 Å². The third-order valence-corrected chi connectivity index (χ3v) is 5.31. The second kappa shape index (κ2) is 6.78. The third-order valence-electron chi connectivity index (χ3n) is 5.31. The molecule has 3 aromatic rings. The summed E-state index contributed by atoms with van der Waals surface area (Å²) in [5.74, 6) is 0.311. The van der Waals surface area contributed by atoms with E-state index in [-0.39, 0.29) is 6.04 Å². The number of phenols is 1. The summed E-state index contributed by atoms with van der Waals surface area (Å²) in [7, 11) is 2.25. The predicted octanol–water partition coefficient (Wildman–Crippen LogP) is -0.743. The van der Waals surface area contributed by atoms with Crippen LogP contribution < -0.4 is 14.8 Å². The van der Waals surface area contributed by atoms with Gasteiger partial charge in [0.1, 0.15) is 37.7 Å². The van der Waals surface area contributed by atoms with Crippen LogP contribution in [0.2, 0.25) is 0 Å². The van der Waals surface area contributed by atoms with Gasteiger partial charge >= 0.3 is 0 Å². The predicted molar refractivity (Wildman–Crippen MR) is 95.6 cm³/mol. The van der Waals surface area contributed by atoms with Crippen LogP contribution in [0, 0.1) is 0 Å². The van der Waals surface area contributed by atoms with E-state index in [1.54, 1.807) is 11.1 Å². The lowest BCUT2D eigenvalue weighted by molar-refractivity contribution is -1.02. The molecule has 1 saturated heterocycles. The summed E-state index contributed by atoms with van der Waals surface area (Å²) in [6.07, 6.45) is 5.71. The number of aromatic nitrogens is 2. The van der Waals surface area contributed by atoms with Crippen molar-refractivity contribution < 1.29 is 19.9 Å². The number of fused-ring (bicyclic) bond motifs is 1. The molecule has 3 heterocycles. The topological polar surface area (TPSA) is 56.1 Å². The highest BCUT2D eigenvalue weighted by molar-refractivity contribution is 5.85. The fraction of sp³-hybridized carbons (Fsp3) is 0.300. The second-order valence-corrected chi connectivity index (χ2v) is 6.96. The van der Waals surface area contributed by atoms with Crippen molar-refractivity contribution in [1.29, 1.82) is 0 Å². The van der Waals surface area contributed by atoms with Crippen molar-refractivity contribution in [2.45, 2.75) is 6.04 Å². The van der Waals surface area contributed by atoms with E-state index < -0.39 is 0 Å². The largest absolute Gasteiger partial charge is 0.505 e. The minimum Gasteiger partial charge on any atom is -0.505 e. The van der Waals surface area contributed by atoms with Gasteiger partial charge in [0.2, 0.25) is 0 Å². The molecule has 1 aliphatic heterocycles. The van der Waals surface area contributed by atoms with E-state index in [9.17, 15) is 5.11 Å². The van der Waals surface area contributed by atoms with E-state index in [2.05, 4.69) is 35.2 Å². The van der Waals surface area contributed by atoms with Crippen molar-refractivity contribution in [3.8, 4) is 5.75 Å². The summed E-state index contributed by atoms with van der Waals surface area (Å²) in [6, 6.07) is 12.3. The Bertz CT molecular complexity index is 860. The molecule has 5 heteroatoms. The maximum Gasteiger partial charge on any atom is 0.176 e. The second-order valence-electron chi connectivity index (χ2n) is 6.96. The molecule has 0 bridgehead atoms. The first-order valence-corrected chi connectivity index (χ1v) is 8.92. The molecular weight excluding hydrogens is 312 g/mol. The lowest BCUT2D eigenvalue weighted by Crippen LogP contribution is -3.27. The highest BCUT2D eigenvalue weighted by Gasteiger charge is 2.33. The van der Waals surface area contributed by atoms with Crippen molar-refractivity contribution >= 4 is 10.9 Å². The fourth-order valence-corrected chi connectivity index (χ4v) is 3.89. The Hall–Kier alpha value is -2.50. The van der Waals surface area contributed by atoms with Crippen LogP contribution in [0.4, 0.5) is 0 Å². The number of nitrogens with zero attached hydrogens (tertiary/aromatic N) is 1. The SMILES string of the molecule is C[NH+]1CC[NH+](C(c2ccc[nH+]c2)c2ccc3cccnc3c2O)CC1. The number of hydrogen-bond acceptors (Lipinski definition) is 2. The number of hydrogen-bond donors (Lipinski definition) is 3. The molecular formula is C20H25N4O+3. The van der Waals surface area contributed by atoms with Crippen molar-refractivity contribution in [2.24, 2.45) is 0 Å². The summed E-state index contributed by atoms with van der Waals surface area (Å²) < 4.78 is 0. The van der Waals surface area contributed by atoms with Crippen molar-refractivity contribution in [3.63, 3.8) is 0 Å². The van der Waals surface area contributed by atoms with Gasteiger partial charge in [0.25, 0.3) is 0 Å². The Morgan fingerprint density at radius 3 is 2.68 bits per heavy atom. The summed E-state index contributed by atoms with van der Waals surface area (Å²) in [4.78, 5) is 10.7. The first-order valence-electron chi connectivity index (χ1n) is 8.92. The number of rotatable bonds is 3. The van der Waals surface area contributed by atoms with Gasteiger partial charge in [-0.15, -0.1) is 0 Å². The van der Waals surface area contributed by atoms with Crippen LogP contribution in [0.15, 0.2) is 55.0 Å². The first kappa shape index (κ1) is 16.0. The van der Waals surface area contributed by atoms with Crippen LogP contribution >= 0.6 is 0 Å². The first-order chi connectivity index (χ1) is 12.2. The number of pyridine rings is 2. The van der Waals surface area contributed by atoms with Crippen molar-refractivity contribution in [3.05, 3.63) is 66.1 Å². The number of likely N-dealkylation sites (N-methyl/N-ethyl adjacent to an activating group) is 1. The average Bonchev–Trinajstić information content (AvgIpc) is 2.66. The van der Waals surface area contributed by atoms with Crippen LogP contribution in [0.25, 0.3) is 10.9 Å². The van der Waals surface area contributed by atoms with Crippen molar-refractivity contribution in [1.82, 2.24) is 4.98 Å². The quantitative estimate of drug-likeness (QED) is 0.590. The lowest BCUT2D eigenvalue weighted by Gasteiger charge is -2.33. The Labute approximate surface area is 147 Å². The number of aromatic hydroxyl groups is 1. The number of benzene rings is 1. The van der Waals surface area contributed by atoms with Crippen LogP contribution in [-0.4, -0.2) is 43.3 Å². The number of piperazine rings is 1. The maximum atomic E-state index is 11.0. The minimum atomic E-state index is 0.108. The van der Waals surface area contributed by atoms with E-state index in [0.29, 0.717) is 11.3 Å². The van der Waals surface area contributed by atoms with Gasteiger partial charge in [0.05, 0.1) is 18.2 Å². The Morgan fingerprint density at radius 2 is 1.92 bits per heavy atom. The zero-order valence-electron chi connectivity index (χ0n) is 14.5. The molecule has 1 atom stereocenters.